The molecule has 1 N–H and O–H groups in total. The molecule has 0 saturated carbocycles. The predicted molar refractivity (Wildman–Crippen MR) is 162 cm³/mol. The molecule has 1 atom stereocenters. The van der Waals surface area contributed by atoms with Gasteiger partial charge in [0.2, 0.25) is 6.79 Å². The van der Waals surface area contributed by atoms with E-state index in [4.69, 9.17) is 26.1 Å². The van der Waals surface area contributed by atoms with Crippen LogP contribution < -0.4 is 14.8 Å². The van der Waals surface area contributed by atoms with Crippen molar-refractivity contribution >= 4 is 34.2 Å². The van der Waals surface area contributed by atoms with E-state index >= 15 is 0 Å². The van der Waals surface area contributed by atoms with E-state index in [1.165, 1.54) is 18.9 Å². The molecule has 7 rings (SSSR count). The summed E-state index contributed by atoms with van der Waals surface area (Å²) in [5.41, 5.74) is 4.10. The van der Waals surface area contributed by atoms with Gasteiger partial charge in [-0.2, -0.15) is 0 Å². The fourth-order valence-corrected chi connectivity index (χ4v) is 6.51. The Morgan fingerprint density at radius 3 is 2.62 bits per heavy atom. The third-order valence-electron chi connectivity index (χ3n) is 8.51. The van der Waals surface area contributed by atoms with Gasteiger partial charge in [0.05, 0.1) is 16.1 Å². The van der Waals surface area contributed by atoms with Gasteiger partial charge in [0.25, 0.3) is 5.91 Å². The molecule has 42 heavy (non-hydrogen) atoms. The van der Waals surface area contributed by atoms with Crippen molar-refractivity contribution < 1.29 is 18.7 Å². The first-order valence-electron chi connectivity index (χ1n) is 14.6. The van der Waals surface area contributed by atoms with Crippen LogP contribution in [-0.2, 0) is 6.54 Å². The van der Waals surface area contributed by atoms with E-state index in [1.807, 2.05) is 42.5 Å². The molecule has 2 fully saturated rings. The number of benzene rings is 3. The Balaban J connectivity index is 1.24. The molecular weight excluding hydrogens is 555 g/mol. The molecule has 0 spiro atoms. The summed E-state index contributed by atoms with van der Waals surface area (Å²) in [6.45, 7) is 4.50. The fraction of sp³-hybridized carbons (Fsp3) is 0.333. The SMILES string of the molecule is O=C(c1cc(NCc2ccc(F)c(Cl)c2)nc2ccc(-c3ccc4c(c3)OCO4)cc12)N1CCC[C@H]1CN1CCCC1. The number of hydrogen-bond donors (Lipinski definition) is 1. The predicted octanol–water partition coefficient (Wildman–Crippen LogP) is 6.74. The van der Waals surface area contributed by atoms with Crippen LogP contribution in [0.25, 0.3) is 22.0 Å². The van der Waals surface area contributed by atoms with Crippen LogP contribution >= 0.6 is 11.6 Å². The molecule has 1 aromatic heterocycles. The number of ether oxygens (including phenoxy) is 2. The Labute approximate surface area is 249 Å². The van der Waals surface area contributed by atoms with E-state index in [9.17, 15) is 9.18 Å². The number of carbonyl (C=O) groups excluding carboxylic acids is 1. The highest BCUT2D eigenvalue weighted by Crippen LogP contribution is 2.37. The normalized spacial score (nSPS) is 18.2. The number of anilines is 1. The maximum atomic E-state index is 14.3. The number of carbonyl (C=O) groups is 1. The number of hydrogen-bond acceptors (Lipinski definition) is 6. The molecule has 3 aromatic carbocycles. The molecule has 3 aliphatic heterocycles. The first-order valence-corrected chi connectivity index (χ1v) is 15.0. The highest BCUT2D eigenvalue weighted by Gasteiger charge is 2.32. The first kappa shape index (κ1) is 27.0. The zero-order valence-corrected chi connectivity index (χ0v) is 24.0. The van der Waals surface area contributed by atoms with Gasteiger partial charge in [0, 0.05) is 31.1 Å². The largest absolute Gasteiger partial charge is 0.454 e. The quantitative estimate of drug-likeness (QED) is 0.259. The Bertz CT molecular complexity index is 1660. The van der Waals surface area contributed by atoms with Crippen molar-refractivity contribution in [3.05, 3.63) is 82.6 Å². The Morgan fingerprint density at radius 2 is 1.76 bits per heavy atom. The average Bonchev–Trinajstić information content (AvgIpc) is 3.79. The number of pyridine rings is 1. The van der Waals surface area contributed by atoms with Gasteiger partial charge >= 0.3 is 0 Å². The number of aromatic nitrogens is 1. The number of likely N-dealkylation sites (tertiary alicyclic amines) is 2. The maximum Gasteiger partial charge on any atom is 0.254 e. The summed E-state index contributed by atoms with van der Waals surface area (Å²) in [5, 5.41) is 4.21. The highest BCUT2D eigenvalue weighted by molar-refractivity contribution is 6.30. The van der Waals surface area contributed by atoms with Crippen LogP contribution in [0.5, 0.6) is 11.5 Å². The van der Waals surface area contributed by atoms with Crippen LogP contribution in [0.3, 0.4) is 0 Å². The minimum absolute atomic E-state index is 0.0276. The highest BCUT2D eigenvalue weighted by atomic mass is 35.5. The van der Waals surface area contributed by atoms with E-state index in [-0.39, 0.29) is 23.8 Å². The molecule has 0 radical (unpaired) electrons. The molecule has 2 saturated heterocycles. The van der Waals surface area contributed by atoms with Crippen molar-refractivity contribution in [1.29, 1.82) is 0 Å². The fourth-order valence-electron chi connectivity index (χ4n) is 6.30. The number of nitrogens with zero attached hydrogens (tertiary/aromatic N) is 3. The van der Waals surface area contributed by atoms with E-state index in [0.29, 0.717) is 23.7 Å². The summed E-state index contributed by atoms with van der Waals surface area (Å²) < 4.78 is 24.8. The zero-order valence-electron chi connectivity index (χ0n) is 23.2. The van der Waals surface area contributed by atoms with Gasteiger partial charge < -0.3 is 24.6 Å². The van der Waals surface area contributed by atoms with E-state index in [1.54, 1.807) is 12.1 Å². The summed E-state index contributed by atoms with van der Waals surface area (Å²) in [6.07, 6.45) is 4.48. The van der Waals surface area contributed by atoms with E-state index in [0.717, 1.165) is 72.4 Å². The lowest BCUT2D eigenvalue weighted by molar-refractivity contribution is 0.0710. The molecule has 4 heterocycles. The van der Waals surface area contributed by atoms with Crippen LogP contribution in [0, 0.1) is 5.82 Å². The molecule has 1 amide bonds. The number of halogens is 2. The summed E-state index contributed by atoms with van der Waals surface area (Å²) in [7, 11) is 0. The van der Waals surface area contributed by atoms with Crippen LogP contribution in [-0.4, -0.2) is 59.7 Å². The standard InChI is InChI=1S/C33H32ClFN4O3/c34-27-14-21(5-8-28(27)35)18-36-32-17-26(33(40)39-13-3-4-24(39)19-38-11-1-2-12-38)25-15-22(6-9-29(25)37-32)23-7-10-30-31(16-23)42-20-41-30/h5-10,14-17,24H,1-4,11-13,18-20H2,(H,36,37)/t24-/m0/s1. The third kappa shape index (κ3) is 5.37. The molecule has 0 bridgehead atoms. The van der Waals surface area contributed by atoms with Gasteiger partial charge in [0.1, 0.15) is 11.6 Å². The smallest absolute Gasteiger partial charge is 0.254 e. The molecule has 216 valence electrons. The molecule has 4 aromatic rings. The molecule has 7 nitrogen and oxygen atoms in total. The molecule has 0 aliphatic carbocycles. The second-order valence-electron chi connectivity index (χ2n) is 11.3. The Morgan fingerprint density at radius 1 is 0.952 bits per heavy atom. The average molecular weight is 587 g/mol. The van der Waals surface area contributed by atoms with Crippen molar-refractivity contribution in [2.45, 2.75) is 38.3 Å². The van der Waals surface area contributed by atoms with Gasteiger partial charge in [0.15, 0.2) is 11.5 Å². The summed E-state index contributed by atoms with van der Waals surface area (Å²) >= 11 is 6.00. The van der Waals surface area contributed by atoms with Gasteiger partial charge in [-0.15, -0.1) is 0 Å². The van der Waals surface area contributed by atoms with Crippen LogP contribution in [0.1, 0.15) is 41.6 Å². The number of nitrogens with one attached hydrogen (secondary N) is 1. The molecule has 0 unspecified atom stereocenters. The van der Waals surface area contributed by atoms with Crippen molar-refractivity contribution in [3.8, 4) is 22.6 Å². The van der Waals surface area contributed by atoms with Crippen molar-refractivity contribution in [2.75, 3.05) is 38.3 Å². The van der Waals surface area contributed by atoms with E-state index < -0.39 is 5.82 Å². The topological polar surface area (TPSA) is 66.9 Å². The molecular formula is C33H32ClFN4O3. The van der Waals surface area contributed by atoms with Crippen molar-refractivity contribution in [1.82, 2.24) is 14.8 Å². The number of fused-ring (bicyclic) bond motifs is 2. The number of amides is 1. The molecule has 3 aliphatic rings. The van der Waals surface area contributed by atoms with Crippen LogP contribution in [0.2, 0.25) is 5.02 Å². The van der Waals surface area contributed by atoms with Gasteiger partial charge in [-0.25, -0.2) is 9.37 Å². The minimum Gasteiger partial charge on any atom is -0.454 e. The van der Waals surface area contributed by atoms with Crippen LogP contribution in [0.4, 0.5) is 10.2 Å². The third-order valence-corrected chi connectivity index (χ3v) is 8.80. The lowest BCUT2D eigenvalue weighted by Gasteiger charge is -2.29. The van der Waals surface area contributed by atoms with Gasteiger partial charge in [-0.05, 0) is 97.9 Å². The second kappa shape index (κ2) is 11.4. The Kier molecular flexibility index (Phi) is 7.34. The Hall–Kier alpha value is -3.88. The monoisotopic (exact) mass is 586 g/mol. The molecule has 9 heteroatoms. The maximum absolute atomic E-state index is 14.3. The summed E-state index contributed by atoms with van der Waals surface area (Å²) in [6, 6.07) is 18.6. The summed E-state index contributed by atoms with van der Waals surface area (Å²) in [5.74, 6) is 1.60. The van der Waals surface area contributed by atoms with E-state index in [2.05, 4.69) is 15.1 Å². The van der Waals surface area contributed by atoms with Crippen molar-refractivity contribution in [2.24, 2.45) is 0 Å². The lowest BCUT2D eigenvalue weighted by atomic mass is 9.99. The van der Waals surface area contributed by atoms with Gasteiger partial charge in [-0.3, -0.25) is 4.79 Å². The lowest BCUT2D eigenvalue weighted by Crippen LogP contribution is -2.42. The van der Waals surface area contributed by atoms with Crippen molar-refractivity contribution in [3.63, 3.8) is 0 Å². The minimum atomic E-state index is -0.454. The van der Waals surface area contributed by atoms with Gasteiger partial charge in [-0.1, -0.05) is 29.8 Å². The first-order chi connectivity index (χ1) is 20.5. The number of rotatable bonds is 7. The second-order valence-corrected chi connectivity index (χ2v) is 11.7. The van der Waals surface area contributed by atoms with Crippen LogP contribution in [0.15, 0.2) is 60.7 Å². The summed E-state index contributed by atoms with van der Waals surface area (Å²) in [4.78, 5) is 23.7. The zero-order chi connectivity index (χ0) is 28.6.